The minimum absolute atomic E-state index is 0.235. The van der Waals surface area contributed by atoms with E-state index < -0.39 is 14.9 Å². The number of nitro groups is 1. The van der Waals surface area contributed by atoms with Crippen molar-refractivity contribution in [2.45, 2.75) is 11.3 Å². The second kappa shape index (κ2) is 8.68. The molecule has 150 valence electrons. The molecule has 0 aromatic heterocycles. The van der Waals surface area contributed by atoms with Crippen LogP contribution in [0.15, 0.2) is 53.4 Å². The first-order valence-corrected chi connectivity index (χ1v) is 10.6. The Kier molecular flexibility index (Phi) is 6.28. The van der Waals surface area contributed by atoms with E-state index >= 15 is 0 Å². The molecule has 8 nitrogen and oxygen atoms in total. The second-order valence-corrected chi connectivity index (χ2v) is 8.63. The van der Waals surface area contributed by atoms with Gasteiger partial charge in [-0.2, -0.15) is 4.31 Å². The van der Waals surface area contributed by atoms with E-state index in [0.717, 1.165) is 18.7 Å². The molecule has 0 radical (unpaired) electrons. The summed E-state index contributed by atoms with van der Waals surface area (Å²) in [5.41, 5.74) is 0.833. The van der Waals surface area contributed by atoms with Crippen LogP contribution in [0.1, 0.15) is 5.56 Å². The zero-order valence-electron chi connectivity index (χ0n) is 15.7. The Morgan fingerprint density at radius 1 is 1.11 bits per heavy atom. The van der Waals surface area contributed by atoms with E-state index in [2.05, 4.69) is 0 Å². The van der Waals surface area contributed by atoms with Crippen LogP contribution in [-0.2, 0) is 16.4 Å². The normalized spacial score (nSPS) is 16.0. The summed E-state index contributed by atoms with van der Waals surface area (Å²) in [6.07, 6.45) is 0.899. The molecule has 1 N–H and O–H groups in total. The molecule has 0 aliphatic carbocycles. The van der Waals surface area contributed by atoms with Gasteiger partial charge in [0, 0.05) is 12.5 Å². The number of quaternary nitrogens is 1. The maximum atomic E-state index is 12.9. The standard InChI is InChI=1S/C19H23N3O5S/c1-27-17-8-6-16(7-9-17)10-11-20-12-14-21(15-13-20)28(25,26)19-5-3-2-4-18(19)22(23)24/h2-9H,10-15H2,1H3/p+1. The Balaban J connectivity index is 1.59. The number of para-hydroxylation sites is 1. The number of nitro benzene ring substituents is 1. The maximum absolute atomic E-state index is 12.9. The lowest BCUT2D eigenvalue weighted by atomic mass is 10.1. The Morgan fingerprint density at radius 2 is 1.75 bits per heavy atom. The van der Waals surface area contributed by atoms with Crippen molar-refractivity contribution in [3.63, 3.8) is 0 Å². The van der Waals surface area contributed by atoms with E-state index in [4.69, 9.17) is 4.74 Å². The van der Waals surface area contributed by atoms with Crippen molar-refractivity contribution >= 4 is 15.7 Å². The van der Waals surface area contributed by atoms with Crippen molar-refractivity contribution < 1.29 is 23.0 Å². The maximum Gasteiger partial charge on any atom is 0.289 e. The highest BCUT2D eigenvalue weighted by Crippen LogP contribution is 2.26. The average molecular weight is 406 g/mol. The largest absolute Gasteiger partial charge is 0.497 e. The third-order valence-electron chi connectivity index (χ3n) is 5.04. The first-order chi connectivity index (χ1) is 13.4. The molecule has 0 unspecified atom stereocenters. The van der Waals surface area contributed by atoms with Crippen LogP contribution in [0.4, 0.5) is 5.69 Å². The molecular formula is C19H24N3O5S+. The highest BCUT2D eigenvalue weighted by Gasteiger charge is 2.34. The summed E-state index contributed by atoms with van der Waals surface area (Å²) in [6, 6.07) is 13.4. The fraction of sp³-hybridized carbons (Fsp3) is 0.368. The van der Waals surface area contributed by atoms with Gasteiger partial charge in [-0.1, -0.05) is 24.3 Å². The Morgan fingerprint density at radius 3 is 2.36 bits per heavy atom. The third-order valence-corrected chi connectivity index (χ3v) is 6.98. The van der Waals surface area contributed by atoms with Crippen LogP contribution in [0.5, 0.6) is 5.75 Å². The number of hydrogen-bond acceptors (Lipinski definition) is 5. The summed E-state index contributed by atoms with van der Waals surface area (Å²) in [5, 5.41) is 11.2. The average Bonchev–Trinajstić information content (AvgIpc) is 2.73. The van der Waals surface area contributed by atoms with Gasteiger partial charge >= 0.3 is 0 Å². The van der Waals surface area contributed by atoms with Crippen LogP contribution >= 0.6 is 0 Å². The van der Waals surface area contributed by atoms with E-state index in [9.17, 15) is 18.5 Å². The summed E-state index contributed by atoms with van der Waals surface area (Å²) < 4.78 is 32.2. The molecular weight excluding hydrogens is 382 g/mol. The number of ether oxygens (including phenoxy) is 1. The lowest BCUT2D eigenvalue weighted by Crippen LogP contribution is -3.15. The van der Waals surface area contributed by atoms with E-state index in [-0.39, 0.29) is 10.6 Å². The van der Waals surface area contributed by atoms with Gasteiger partial charge in [0.2, 0.25) is 10.0 Å². The van der Waals surface area contributed by atoms with E-state index in [1.54, 1.807) is 7.11 Å². The summed E-state index contributed by atoms with van der Waals surface area (Å²) in [6.45, 7) is 2.97. The molecule has 1 aliphatic rings. The van der Waals surface area contributed by atoms with Crippen LogP contribution < -0.4 is 9.64 Å². The number of methoxy groups -OCH3 is 1. The second-order valence-electron chi connectivity index (χ2n) is 6.73. The number of nitrogens with one attached hydrogen (secondary N) is 1. The molecule has 9 heteroatoms. The monoisotopic (exact) mass is 406 g/mol. The van der Waals surface area contributed by atoms with Crippen molar-refractivity contribution in [3.8, 4) is 5.75 Å². The molecule has 1 aliphatic heterocycles. The number of hydrogen-bond donors (Lipinski definition) is 1. The molecule has 0 atom stereocenters. The molecule has 28 heavy (non-hydrogen) atoms. The van der Waals surface area contributed by atoms with Crippen molar-refractivity contribution in [2.75, 3.05) is 39.8 Å². The molecule has 1 fully saturated rings. The van der Waals surface area contributed by atoms with Gasteiger partial charge < -0.3 is 9.64 Å². The van der Waals surface area contributed by atoms with Gasteiger partial charge in [0.15, 0.2) is 4.90 Å². The van der Waals surface area contributed by atoms with E-state index in [1.807, 2.05) is 24.3 Å². The fourth-order valence-corrected chi connectivity index (χ4v) is 4.97. The van der Waals surface area contributed by atoms with Gasteiger partial charge in [0.1, 0.15) is 5.75 Å². The lowest BCUT2D eigenvalue weighted by Gasteiger charge is -2.31. The highest BCUT2D eigenvalue weighted by atomic mass is 32.2. The first-order valence-electron chi connectivity index (χ1n) is 9.12. The lowest BCUT2D eigenvalue weighted by molar-refractivity contribution is -0.903. The topological polar surface area (TPSA) is 94.2 Å². The minimum Gasteiger partial charge on any atom is -0.497 e. The van der Waals surface area contributed by atoms with E-state index in [0.29, 0.717) is 26.2 Å². The summed E-state index contributed by atoms with van der Waals surface area (Å²) in [4.78, 5) is 11.6. The zero-order valence-corrected chi connectivity index (χ0v) is 16.5. The molecule has 3 rings (SSSR count). The summed E-state index contributed by atoms with van der Waals surface area (Å²) in [5.74, 6) is 0.824. The number of rotatable bonds is 7. The fourth-order valence-electron chi connectivity index (χ4n) is 3.37. The molecule has 2 aromatic rings. The molecule has 0 spiro atoms. The van der Waals surface area contributed by atoms with Crippen LogP contribution in [0, 0.1) is 10.1 Å². The Bertz CT molecular complexity index is 923. The van der Waals surface area contributed by atoms with Gasteiger partial charge in [-0.05, 0) is 23.8 Å². The van der Waals surface area contributed by atoms with Crippen molar-refractivity contribution in [1.29, 1.82) is 0 Å². The van der Waals surface area contributed by atoms with Gasteiger partial charge in [-0.3, -0.25) is 10.1 Å². The number of benzene rings is 2. The minimum atomic E-state index is -3.87. The van der Waals surface area contributed by atoms with E-state index in [1.165, 1.54) is 39.0 Å². The van der Waals surface area contributed by atoms with Gasteiger partial charge in [0.05, 0.1) is 44.8 Å². The number of piperazine rings is 1. The van der Waals surface area contributed by atoms with Crippen molar-refractivity contribution in [2.24, 2.45) is 0 Å². The van der Waals surface area contributed by atoms with Gasteiger partial charge in [0.25, 0.3) is 5.69 Å². The smallest absolute Gasteiger partial charge is 0.289 e. The highest BCUT2D eigenvalue weighted by molar-refractivity contribution is 7.89. The predicted molar refractivity (Wildman–Crippen MR) is 104 cm³/mol. The zero-order chi connectivity index (χ0) is 20.1. The van der Waals surface area contributed by atoms with Gasteiger partial charge in [-0.15, -0.1) is 0 Å². The molecule has 1 saturated heterocycles. The number of nitrogens with zero attached hydrogens (tertiary/aromatic N) is 2. The van der Waals surface area contributed by atoms with Crippen LogP contribution in [0.3, 0.4) is 0 Å². The van der Waals surface area contributed by atoms with Crippen LogP contribution in [0.25, 0.3) is 0 Å². The molecule has 2 aromatic carbocycles. The summed E-state index contributed by atoms with van der Waals surface area (Å²) in [7, 11) is -2.24. The summed E-state index contributed by atoms with van der Waals surface area (Å²) >= 11 is 0. The Hall–Kier alpha value is -2.49. The Labute approximate surface area is 164 Å². The third kappa shape index (κ3) is 4.49. The first kappa shape index (κ1) is 20.2. The molecule has 0 saturated carbocycles. The molecule has 0 bridgehead atoms. The predicted octanol–water partition coefficient (Wildman–Crippen LogP) is 0.735. The number of sulfonamides is 1. The van der Waals surface area contributed by atoms with Crippen LogP contribution in [0.2, 0.25) is 0 Å². The molecule has 0 amide bonds. The quantitative estimate of drug-likeness (QED) is 0.541. The van der Waals surface area contributed by atoms with Crippen molar-refractivity contribution in [3.05, 3.63) is 64.2 Å². The van der Waals surface area contributed by atoms with Gasteiger partial charge in [-0.25, -0.2) is 8.42 Å². The SMILES string of the molecule is COc1ccc(CC[NH+]2CCN(S(=O)(=O)c3ccccc3[N+](=O)[O-])CC2)cc1. The van der Waals surface area contributed by atoms with Crippen molar-refractivity contribution in [1.82, 2.24) is 4.31 Å². The molecule has 1 heterocycles. The van der Waals surface area contributed by atoms with Crippen LogP contribution in [-0.4, -0.2) is 57.5 Å².